The van der Waals surface area contributed by atoms with E-state index in [0.29, 0.717) is 0 Å². The summed E-state index contributed by atoms with van der Waals surface area (Å²) in [4.78, 5) is 2.49. The molecule has 1 atom stereocenters. The van der Waals surface area contributed by atoms with Crippen molar-refractivity contribution in [3.8, 4) is 0 Å². The molecule has 12 heavy (non-hydrogen) atoms. The first-order valence-electron chi connectivity index (χ1n) is 4.98. The van der Waals surface area contributed by atoms with Crippen molar-refractivity contribution < 1.29 is 0 Å². The molecule has 1 aliphatic rings. The molecule has 2 nitrogen and oxygen atoms in total. The molecule has 2 N–H and O–H groups in total. The van der Waals surface area contributed by atoms with Crippen LogP contribution in [0, 0.1) is 5.92 Å². The van der Waals surface area contributed by atoms with E-state index in [0.717, 1.165) is 12.5 Å². The van der Waals surface area contributed by atoms with Gasteiger partial charge in [0, 0.05) is 18.6 Å². The molecule has 0 aliphatic carbocycles. The number of nitrogens with two attached hydrogens (primary N) is 1. The van der Waals surface area contributed by atoms with Crippen LogP contribution < -0.4 is 5.73 Å². The minimum atomic E-state index is -0.0307. The summed E-state index contributed by atoms with van der Waals surface area (Å²) in [5, 5.41) is 0. The van der Waals surface area contributed by atoms with Crippen molar-refractivity contribution in [3.63, 3.8) is 0 Å². The monoisotopic (exact) mass is 170 g/mol. The van der Waals surface area contributed by atoms with Crippen LogP contribution in [0.4, 0.5) is 0 Å². The van der Waals surface area contributed by atoms with Crippen molar-refractivity contribution in [2.24, 2.45) is 11.7 Å². The number of likely N-dealkylation sites (tertiary alicyclic amines) is 1. The maximum atomic E-state index is 5.97. The highest BCUT2D eigenvalue weighted by Crippen LogP contribution is 2.16. The Morgan fingerprint density at radius 3 is 2.67 bits per heavy atom. The number of piperidine rings is 1. The number of hydrogen-bond donors (Lipinski definition) is 1. The van der Waals surface area contributed by atoms with E-state index in [1.54, 1.807) is 0 Å². The lowest BCUT2D eigenvalue weighted by Crippen LogP contribution is -2.48. The minimum absolute atomic E-state index is 0.0307. The summed E-state index contributed by atoms with van der Waals surface area (Å²) in [7, 11) is 0. The summed E-state index contributed by atoms with van der Waals surface area (Å²) < 4.78 is 0. The topological polar surface area (TPSA) is 29.3 Å². The highest BCUT2D eigenvalue weighted by Gasteiger charge is 2.21. The van der Waals surface area contributed by atoms with E-state index < -0.39 is 0 Å². The predicted octanol–water partition coefficient (Wildman–Crippen LogP) is 1.46. The fourth-order valence-corrected chi connectivity index (χ4v) is 2.01. The summed E-state index contributed by atoms with van der Waals surface area (Å²) in [6.45, 7) is 10.1. The van der Waals surface area contributed by atoms with Gasteiger partial charge in [0.05, 0.1) is 0 Å². The Morgan fingerprint density at radius 1 is 1.50 bits per heavy atom. The number of hydrogen-bond acceptors (Lipinski definition) is 2. The Hall–Kier alpha value is -0.0800. The lowest BCUT2D eigenvalue weighted by molar-refractivity contribution is 0.156. The van der Waals surface area contributed by atoms with Crippen LogP contribution in [0.25, 0.3) is 0 Å². The largest absolute Gasteiger partial charge is 0.324 e. The van der Waals surface area contributed by atoms with Crippen LogP contribution in [0.2, 0.25) is 0 Å². The van der Waals surface area contributed by atoms with Crippen molar-refractivity contribution in [3.05, 3.63) is 0 Å². The van der Waals surface area contributed by atoms with Crippen molar-refractivity contribution in [1.82, 2.24) is 4.90 Å². The van der Waals surface area contributed by atoms with Crippen LogP contribution in [0.15, 0.2) is 0 Å². The quantitative estimate of drug-likeness (QED) is 0.680. The van der Waals surface area contributed by atoms with Gasteiger partial charge in [-0.2, -0.15) is 0 Å². The Bertz CT molecular complexity index is 137. The van der Waals surface area contributed by atoms with Gasteiger partial charge in [-0.25, -0.2) is 0 Å². The highest BCUT2D eigenvalue weighted by molar-refractivity contribution is 4.80. The van der Waals surface area contributed by atoms with E-state index in [-0.39, 0.29) is 5.54 Å². The third-order valence-electron chi connectivity index (χ3n) is 2.37. The van der Waals surface area contributed by atoms with Gasteiger partial charge in [-0.1, -0.05) is 6.92 Å². The second kappa shape index (κ2) is 3.75. The average Bonchev–Trinajstić information content (AvgIpc) is 1.82. The van der Waals surface area contributed by atoms with Crippen molar-refractivity contribution in [1.29, 1.82) is 0 Å². The van der Waals surface area contributed by atoms with Gasteiger partial charge in [0.25, 0.3) is 0 Å². The lowest BCUT2D eigenvalue weighted by atomic mass is 9.98. The molecular formula is C10H22N2. The van der Waals surface area contributed by atoms with Crippen molar-refractivity contribution in [2.75, 3.05) is 19.6 Å². The van der Waals surface area contributed by atoms with Crippen LogP contribution >= 0.6 is 0 Å². The van der Waals surface area contributed by atoms with Gasteiger partial charge in [0.2, 0.25) is 0 Å². The molecule has 1 unspecified atom stereocenters. The summed E-state index contributed by atoms with van der Waals surface area (Å²) in [5.74, 6) is 0.862. The smallest absolute Gasteiger partial charge is 0.0226 e. The third-order valence-corrected chi connectivity index (χ3v) is 2.37. The zero-order chi connectivity index (χ0) is 9.19. The SMILES string of the molecule is CC1CCCN(CC(C)(C)N)C1. The summed E-state index contributed by atoms with van der Waals surface area (Å²) >= 11 is 0. The van der Waals surface area contributed by atoms with E-state index in [9.17, 15) is 0 Å². The van der Waals surface area contributed by atoms with Crippen LogP contribution in [0.1, 0.15) is 33.6 Å². The molecule has 1 saturated heterocycles. The molecule has 0 radical (unpaired) electrons. The Balaban J connectivity index is 2.32. The Labute approximate surface area is 76.1 Å². The number of rotatable bonds is 2. The lowest BCUT2D eigenvalue weighted by Gasteiger charge is -2.35. The van der Waals surface area contributed by atoms with E-state index in [4.69, 9.17) is 5.73 Å². The fourth-order valence-electron chi connectivity index (χ4n) is 2.01. The zero-order valence-electron chi connectivity index (χ0n) is 8.64. The van der Waals surface area contributed by atoms with Gasteiger partial charge >= 0.3 is 0 Å². The molecule has 0 aromatic heterocycles. The van der Waals surface area contributed by atoms with Gasteiger partial charge in [0.15, 0.2) is 0 Å². The van der Waals surface area contributed by atoms with E-state index in [2.05, 4.69) is 25.7 Å². The fraction of sp³-hybridized carbons (Fsp3) is 1.00. The summed E-state index contributed by atoms with van der Waals surface area (Å²) in [6.07, 6.45) is 2.73. The van der Waals surface area contributed by atoms with Crippen LogP contribution in [0.3, 0.4) is 0 Å². The van der Waals surface area contributed by atoms with E-state index >= 15 is 0 Å². The van der Waals surface area contributed by atoms with Gasteiger partial charge in [-0.3, -0.25) is 0 Å². The minimum Gasteiger partial charge on any atom is -0.324 e. The zero-order valence-corrected chi connectivity index (χ0v) is 8.64. The number of nitrogens with zero attached hydrogens (tertiary/aromatic N) is 1. The van der Waals surface area contributed by atoms with Crippen LogP contribution in [-0.4, -0.2) is 30.1 Å². The molecule has 0 spiro atoms. The molecule has 2 heteroatoms. The maximum Gasteiger partial charge on any atom is 0.0226 e. The van der Waals surface area contributed by atoms with Gasteiger partial charge in [0.1, 0.15) is 0 Å². The first-order chi connectivity index (χ1) is 5.47. The molecule has 0 bridgehead atoms. The normalized spacial score (nSPS) is 27.5. The molecule has 1 aliphatic heterocycles. The van der Waals surface area contributed by atoms with Gasteiger partial charge in [-0.05, 0) is 39.2 Å². The average molecular weight is 170 g/mol. The highest BCUT2D eigenvalue weighted by atomic mass is 15.1. The Morgan fingerprint density at radius 2 is 2.17 bits per heavy atom. The van der Waals surface area contributed by atoms with Gasteiger partial charge < -0.3 is 10.6 Å². The van der Waals surface area contributed by atoms with E-state index in [1.807, 2.05) is 0 Å². The van der Waals surface area contributed by atoms with E-state index in [1.165, 1.54) is 25.9 Å². The molecule has 1 fully saturated rings. The van der Waals surface area contributed by atoms with Crippen LogP contribution in [-0.2, 0) is 0 Å². The molecule has 0 amide bonds. The molecular weight excluding hydrogens is 148 g/mol. The molecule has 1 rings (SSSR count). The molecule has 0 saturated carbocycles. The maximum absolute atomic E-state index is 5.97. The van der Waals surface area contributed by atoms with Crippen molar-refractivity contribution >= 4 is 0 Å². The molecule has 0 aromatic rings. The first-order valence-corrected chi connectivity index (χ1v) is 4.98. The second-order valence-electron chi connectivity index (χ2n) is 4.97. The predicted molar refractivity (Wildman–Crippen MR) is 53.1 cm³/mol. The molecule has 0 aromatic carbocycles. The van der Waals surface area contributed by atoms with Crippen molar-refractivity contribution in [2.45, 2.75) is 39.2 Å². The standard InChI is InChI=1S/C10H22N2/c1-9-5-4-6-12(7-9)8-10(2,3)11/h9H,4-8,11H2,1-3H3. The Kier molecular flexibility index (Phi) is 3.13. The second-order valence-corrected chi connectivity index (χ2v) is 4.97. The summed E-state index contributed by atoms with van der Waals surface area (Å²) in [5.41, 5.74) is 5.94. The van der Waals surface area contributed by atoms with Crippen LogP contribution in [0.5, 0.6) is 0 Å². The summed E-state index contributed by atoms with van der Waals surface area (Å²) in [6, 6.07) is 0. The first kappa shape index (κ1) is 10.0. The molecule has 1 heterocycles. The van der Waals surface area contributed by atoms with Gasteiger partial charge in [-0.15, -0.1) is 0 Å². The molecule has 72 valence electrons. The third kappa shape index (κ3) is 3.55.